The standard InChI is InChI=1S/C14H13N3O/c1-16-10-11-4-2-3-5-14(11)18-13-6-7-17-12(8-13)9-15/h2-8,16H,10H2,1H3. The summed E-state index contributed by atoms with van der Waals surface area (Å²) in [6.45, 7) is 0.729. The van der Waals surface area contributed by atoms with Gasteiger partial charge in [-0.1, -0.05) is 18.2 Å². The van der Waals surface area contributed by atoms with E-state index in [1.165, 1.54) is 0 Å². The van der Waals surface area contributed by atoms with E-state index in [9.17, 15) is 0 Å². The fraction of sp³-hybridized carbons (Fsp3) is 0.143. The third-order valence-corrected chi connectivity index (χ3v) is 2.41. The maximum Gasteiger partial charge on any atom is 0.144 e. The fourth-order valence-electron chi connectivity index (χ4n) is 1.60. The smallest absolute Gasteiger partial charge is 0.144 e. The molecule has 0 saturated heterocycles. The van der Waals surface area contributed by atoms with E-state index in [-0.39, 0.29) is 0 Å². The molecule has 0 atom stereocenters. The maximum atomic E-state index is 8.79. The molecule has 2 aromatic rings. The molecule has 2 rings (SSSR count). The van der Waals surface area contributed by atoms with Crippen molar-refractivity contribution in [2.45, 2.75) is 6.54 Å². The van der Waals surface area contributed by atoms with Crippen molar-refractivity contribution in [2.24, 2.45) is 0 Å². The van der Waals surface area contributed by atoms with E-state index in [2.05, 4.69) is 10.3 Å². The van der Waals surface area contributed by atoms with E-state index >= 15 is 0 Å². The Balaban J connectivity index is 2.25. The first-order valence-corrected chi connectivity index (χ1v) is 5.60. The number of nitriles is 1. The molecule has 0 unspecified atom stereocenters. The number of hydrogen-bond acceptors (Lipinski definition) is 4. The molecule has 0 fully saturated rings. The van der Waals surface area contributed by atoms with Crippen LogP contribution >= 0.6 is 0 Å². The second-order valence-corrected chi connectivity index (χ2v) is 3.73. The maximum absolute atomic E-state index is 8.79. The largest absolute Gasteiger partial charge is 0.457 e. The number of nitrogens with one attached hydrogen (secondary N) is 1. The molecular formula is C14H13N3O. The highest BCUT2D eigenvalue weighted by molar-refractivity contribution is 5.39. The minimum Gasteiger partial charge on any atom is -0.457 e. The van der Waals surface area contributed by atoms with Crippen LogP contribution in [0.1, 0.15) is 11.3 Å². The second kappa shape index (κ2) is 5.80. The van der Waals surface area contributed by atoms with Crippen LogP contribution < -0.4 is 10.1 Å². The quantitative estimate of drug-likeness (QED) is 0.890. The molecule has 0 aliphatic rings. The Morgan fingerprint density at radius 1 is 1.33 bits per heavy atom. The Kier molecular flexibility index (Phi) is 3.90. The van der Waals surface area contributed by atoms with E-state index in [1.54, 1.807) is 18.3 Å². The van der Waals surface area contributed by atoms with Crippen molar-refractivity contribution in [3.05, 3.63) is 53.9 Å². The SMILES string of the molecule is CNCc1ccccc1Oc1ccnc(C#N)c1. The van der Waals surface area contributed by atoms with Crippen LogP contribution in [-0.2, 0) is 6.54 Å². The number of aromatic nitrogens is 1. The van der Waals surface area contributed by atoms with Gasteiger partial charge in [0.1, 0.15) is 23.3 Å². The first kappa shape index (κ1) is 12.1. The first-order valence-electron chi connectivity index (χ1n) is 5.60. The van der Waals surface area contributed by atoms with Crippen LogP contribution in [0.25, 0.3) is 0 Å². The van der Waals surface area contributed by atoms with E-state index in [0.717, 1.165) is 17.9 Å². The normalized spacial score (nSPS) is 9.78. The number of ether oxygens (including phenoxy) is 1. The first-order chi connectivity index (χ1) is 8.83. The average molecular weight is 239 g/mol. The lowest BCUT2D eigenvalue weighted by atomic mass is 10.2. The minimum absolute atomic E-state index is 0.346. The van der Waals surface area contributed by atoms with Crippen LogP contribution in [0.2, 0.25) is 0 Å². The molecule has 0 aliphatic heterocycles. The molecule has 18 heavy (non-hydrogen) atoms. The van der Waals surface area contributed by atoms with Crippen molar-refractivity contribution >= 4 is 0 Å². The summed E-state index contributed by atoms with van der Waals surface area (Å²) in [5.74, 6) is 1.40. The summed E-state index contributed by atoms with van der Waals surface area (Å²) in [6.07, 6.45) is 1.56. The van der Waals surface area contributed by atoms with Gasteiger partial charge in [-0.25, -0.2) is 4.98 Å². The van der Waals surface area contributed by atoms with Gasteiger partial charge in [-0.05, 0) is 19.2 Å². The molecule has 0 radical (unpaired) electrons. The molecule has 0 saturated carbocycles. The number of benzene rings is 1. The Labute approximate surface area is 106 Å². The number of pyridine rings is 1. The summed E-state index contributed by atoms with van der Waals surface area (Å²) in [6, 6.07) is 13.1. The van der Waals surface area contributed by atoms with Gasteiger partial charge in [-0.15, -0.1) is 0 Å². The lowest BCUT2D eigenvalue weighted by Crippen LogP contribution is -2.06. The van der Waals surface area contributed by atoms with E-state index in [4.69, 9.17) is 10.00 Å². The van der Waals surface area contributed by atoms with Crippen LogP contribution in [0.15, 0.2) is 42.6 Å². The number of nitrogens with zero attached hydrogens (tertiary/aromatic N) is 2. The van der Waals surface area contributed by atoms with Crippen molar-refractivity contribution in [2.75, 3.05) is 7.05 Å². The van der Waals surface area contributed by atoms with Gasteiger partial charge in [0, 0.05) is 24.4 Å². The number of para-hydroxylation sites is 1. The molecule has 1 heterocycles. The van der Waals surface area contributed by atoms with Crippen molar-refractivity contribution in [3.63, 3.8) is 0 Å². The van der Waals surface area contributed by atoms with Gasteiger partial charge in [0.05, 0.1) is 0 Å². The molecule has 1 N–H and O–H groups in total. The van der Waals surface area contributed by atoms with Gasteiger partial charge in [-0.3, -0.25) is 0 Å². The highest BCUT2D eigenvalue weighted by Crippen LogP contribution is 2.25. The predicted octanol–water partition coefficient (Wildman–Crippen LogP) is 2.46. The summed E-state index contributed by atoms with van der Waals surface area (Å²) in [7, 11) is 1.89. The molecule has 0 amide bonds. The Bertz CT molecular complexity index is 575. The van der Waals surface area contributed by atoms with Gasteiger partial charge in [0.2, 0.25) is 0 Å². The minimum atomic E-state index is 0.346. The summed E-state index contributed by atoms with van der Waals surface area (Å²) >= 11 is 0. The van der Waals surface area contributed by atoms with Gasteiger partial charge < -0.3 is 10.1 Å². The van der Waals surface area contributed by atoms with Gasteiger partial charge >= 0.3 is 0 Å². The lowest BCUT2D eigenvalue weighted by molar-refractivity contribution is 0.473. The summed E-state index contributed by atoms with van der Waals surface area (Å²) in [5, 5.41) is 11.9. The fourth-order valence-corrected chi connectivity index (χ4v) is 1.60. The van der Waals surface area contributed by atoms with Gasteiger partial charge in [-0.2, -0.15) is 5.26 Å². The zero-order valence-electron chi connectivity index (χ0n) is 10.1. The molecule has 90 valence electrons. The Morgan fingerprint density at radius 3 is 2.94 bits per heavy atom. The average Bonchev–Trinajstić information content (AvgIpc) is 2.41. The van der Waals surface area contributed by atoms with Crippen molar-refractivity contribution in [3.8, 4) is 17.6 Å². The third kappa shape index (κ3) is 2.84. The molecule has 0 spiro atoms. The van der Waals surface area contributed by atoms with Crippen LogP contribution in [0.4, 0.5) is 0 Å². The van der Waals surface area contributed by atoms with Gasteiger partial charge in [0.15, 0.2) is 0 Å². The molecule has 1 aromatic heterocycles. The highest BCUT2D eigenvalue weighted by Gasteiger charge is 2.04. The Morgan fingerprint density at radius 2 is 2.17 bits per heavy atom. The number of hydrogen-bond donors (Lipinski definition) is 1. The number of rotatable bonds is 4. The molecule has 4 heteroatoms. The third-order valence-electron chi connectivity index (χ3n) is 2.41. The molecule has 4 nitrogen and oxygen atoms in total. The molecule has 1 aromatic carbocycles. The zero-order valence-corrected chi connectivity index (χ0v) is 10.1. The van der Waals surface area contributed by atoms with Crippen LogP contribution in [0, 0.1) is 11.3 Å². The van der Waals surface area contributed by atoms with Crippen LogP contribution in [-0.4, -0.2) is 12.0 Å². The van der Waals surface area contributed by atoms with Crippen molar-refractivity contribution in [1.82, 2.24) is 10.3 Å². The van der Waals surface area contributed by atoms with Crippen molar-refractivity contribution in [1.29, 1.82) is 5.26 Å². The van der Waals surface area contributed by atoms with E-state index in [1.807, 2.05) is 37.4 Å². The highest BCUT2D eigenvalue weighted by atomic mass is 16.5. The van der Waals surface area contributed by atoms with Crippen molar-refractivity contribution < 1.29 is 4.74 Å². The zero-order chi connectivity index (χ0) is 12.8. The van der Waals surface area contributed by atoms with E-state index < -0.39 is 0 Å². The monoisotopic (exact) mass is 239 g/mol. The van der Waals surface area contributed by atoms with Crippen LogP contribution in [0.3, 0.4) is 0 Å². The summed E-state index contributed by atoms with van der Waals surface area (Å²) in [4.78, 5) is 3.90. The summed E-state index contributed by atoms with van der Waals surface area (Å²) < 4.78 is 5.77. The molecule has 0 aliphatic carbocycles. The van der Waals surface area contributed by atoms with Crippen LogP contribution in [0.5, 0.6) is 11.5 Å². The summed E-state index contributed by atoms with van der Waals surface area (Å²) in [5.41, 5.74) is 1.41. The van der Waals surface area contributed by atoms with E-state index in [0.29, 0.717) is 11.4 Å². The second-order valence-electron chi connectivity index (χ2n) is 3.73. The molecule has 0 bridgehead atoms. The Hall–Kier alpha value is -2.38. The van der Waals surface area contributed by atoms with Gasteiger partial charge in [0.25, 0.3) is 0 Å². The predicted molar refractivity (Wildman–Crippen MR) is 68.2 cm³/mol. The molecular weight excluding hydrogens is 226 g/mol. The topological polar surface area (TPSA) is 57.9 Å². The lowest BCUT2D eigenvalue weighted by Gasteiger charge is -2.10.